The van der Waals surface area contributed by atoms with Crippen molar-refractivity contribution in [1.82, 2.24) is 24.8 Å². The largest absolute Gasteiger partial charge is 0.381 e. The number of ether oxygens (including phenoxy) is 1. The minimum Gasteiger partial charge on any atom is -0.381 e. The molecule has 2 aromatic heterocycles. The number of carbonyl (C=O) groups is 1. The fraction of sp³-hybridized carbons (Fsp3) is 0.500. The summed E-state index contributed by atoms with van der Waals surface area (Å²) in [5, 5.41) is 6.89. The second-order valence-corrected chi connectivity index (χ2v) is 11.9. The first-order valence-electron chi connectivity index (χ1n) is 15.5. The van der Waals surface area contributed by atoms with Gasteiger partial charge in [0.25, 0.3) is 5.91 Å². The number of amides is 1. The molecule has 6 rings (SSSR count). The molecule has 11 nitrogen and oxygen atoms in total. The minimum absolute atomic E-state index is 0.0945. The van der Waals surface area contributed by atoms with Crippen LogP contribution in [0.2, 0.25) is 0 Å². The Morgan fingerprint density at radius 1 is 0.930 bits per heavy atom. The van der Waals surface area contributed by atoms with Crippen LogP contribution in [0.5, 0.6) is 0 Å². The van der Waals surface area contributed by atoms with E-state index in [9.17, 15) is 4.79 Å². The van der Waals surface area contributed by atoms with Crippen LogP contribution in [-0.4, -0.2) is 102 Å². The molecule has 43 heavy (non-hydrogen) atoms. The number of rotatable bonds is 8. The fourth-order valence-electron chi connectivity index (χ4n) is 6.29. The van der Waals surface area contributed by atoms with Crippen LogP contribution in [0.4, 0.5) is 23.0 Å². The van der Waals surface area contributed by atoms with E-state index in [0.717, 1.165) is 56.0 Å². The SMILES string of the molecule is Cc1cc(-c2nc(C(N)=O)c(Nc3ccc(N4CCC(N5CCN(C)CC5)CC4)cc3)nc2NC2CCOCC2)ccn1. The number of nitrogens with zero attached hydrogens (tertiary/aromatic N) is 6. The van der Waals surface area contributed by atoms with Crippen LogP contribution >= 0.6 is 0 Å². The van der Waals surface area contributed by atoms with Crippen LogP contribution in [0.1, 0.15) is 41.9 Å². The van der Waals surface area contributed by atoms with Gasteiger partial charge < -0.3 is 30.9 Å². The van der Waals surface area contributed by atoms with Crippen molar-refractivity contribution in [2.45, 2.75) is 44.7 Å². The number of piperidine rings is 1. The van der Waals surface area contributed by atoms with Crippen molar-refractivity contribution >= 4 is 28.9 Å². The monoisotopic (exact) mass is 585 g/mol. The lowest BCUT2D eigenvalue weighted by atomic mass is 10.0. The molecule has 1 amide bonds. The Morgan fingerprint density at radius 3 is 2.33 bits per heavy atom. The van der Waals surface area contributed by atoms with Crippen molar-refractivity contribution in [3.63, 3.8) is 0 Å². The van der Waals surface area contributed by atoms with Gasteiger partial charge in [0.15, 0.2) is 17.3 Å². The highest BCUT2D eigenvalue weighted by molar-refractivity contribution is 5.97. The van der Waals surface area contributed by atoms with E-state index in [0.29, 0.717) is 36.6 Å². The van der Waals surface area contributed by atoms with Gasteiger partial charge >= 0.3 is 0 Å². The van der Waals surface area contributed by atoms with Crippen LogP contribution in [-0.2, 0) is 4.74 Å². The summed E-state index contributed by atoms with van der Waals surface area (Å²) in [4.78, 5) is 34.1. The van der Waals surface area contributed by atoms with Crippen LogP contribution in [0.25, 0.3) is 11.3 Å². The molecule has 0 radical (unpaired) electrons. The van der Waals surface area contributed by atoms with E-state index in [1.807, 2.05) is 31.2 Å². The van der Waals surface area contributed by atoms with E-state index < -0.39 is 5.91 Å². The molecule has 3 aromatic rings. The van der Waals surface area contributed by atoms with Crippen molar-refractivity contribution in [3.05, 3.63) is 54.0 Å². The molecule has 0 aliphatic carbocycles. The number of hydrogen-bond donors (Lipinski definition) is 3. The third kappa shape index (κ3) is 7.06. The number of pyridine rings is 1. The topological polar surface area (TPSA) is 125 Å². The van der Waals surface area contributed by atoms with Gasteiger partial charge in [0, 0.05) is 93.4 Å². The number of carbonyl (C=O) groups excluding carboxylic acids is 1. The Kier molecular flexibility index (Phi) is 9.01. The van der Waals surface area contributed by atoms with Gasteiger partial charge in [0.2, 0.25) is 0 Å². The summed E-state index contributed by atoms with van der Waals surface area (Å²) >= 11 is 0. The van der Waals surface area contributed by atoms with Crippen LogP contribution in [0.15, 0.2) is 42.6 Å². The molecular formula is C32H43N9O2. The van der Waals surface area contributed by atoms with E-state index in [4.69, 9.17) is 20.4 Å². The summed E-state index contributed by atoms with van der Waals surface area (Å²) in [5.41, 5.74) is 10.2. The molecule has 3 aliphatic heterocycles. The molecule has 0 bridgehead atoms. The number of nitrogens with two attached hydrogens (primary N) is 1. The molecule has 4 N–H and O–H groups in total. The smallest absolute Gasteiger partial charge is 0.271 e. The Balaban J connectivity index is 1.19. The van der Waals surface area contributed by atoms with Crippen LogP contribution < -0.4 is 21.3 Å². The van der Waals surface area contributed by atoms with Crippen molar-refractivity contribution in [2.75, 3.05) is 75.1 Å². The van der Waals surface area contributed by atoms with Crippen molar-refractivity contribution in [1.29, 1.82) is 0 Å². The molecular weight excluding hydrogens is 542 g/mol. The van der Waals surface area contributed by atoms with Gasteiger partial charge in [-0.25, -0.2) is 9.97 Å². The second-order valence-electron chi connectivity index (χ2n) is 11.9. The van der Waals surface area contributed by atoms with E-state index >= 15 is 0 Å². The van der Waals surface area contributed by atoms with Gasteiger partial charge in [0.05, 0.1) is 0 Å². The number of benzene rings is 1. The predicted molar refractivity (Wildman–Crippen MR) is 170 cm³/mol. The first kappa shape index (κ1) is 29.3. The second kappa shape index (κ2) is 13.2. The van der Waals surface area contributed by atoms with E-state index in [-0.39, 0.29) is 11.7 Å². The number of nitrogens with one attached hydrogen (secondary N) is 2. The van der Waals surface area contributed by atoms with Crippen LogP contribution in [0, 0.1) is 6.92 Å². The zero-order valence-electron chi connectivity index (χ0n) is 25.3. The molecule has 0 atom stereocenters. The molecule has 3 aliphatic rings. The summed E-state index contributed by atoms with van der Waals surface area (Å²) in [7, 11) is 2.21. The van der Waals surface area contributed by atoms with Crippen molar-refractivity contribution in [3.8, 4) is 11.3 Å². The first-order valence-corrected chi connectivity index (χ1v) is 15.5. The molecule has 0 saturated carbocycles. The molecule has 0 spiro atoms. The molecule has 5 heterocycles. The molecule has 11 heteroatoms. The maximum absolute atomic E-state index is 12.6. The molecule has 3 saturated heterocycles. The number of likely N-dealkylation sites (N-methyl/N-ethyl adjacent to an activating group) is 1. The molecule has 1 aromatic carbocycles. The summed E-state index contributed by atoms with van der Waals surface area (Å²) in [6, 6.07) is 13.0. The highest BCUT2D eigenvalue weighted by atomic mass is 16.5. The fourth-order valence-corrected chi connectivity index (χ4v) is 6.29. The summed E-state index contributed by atoms with van der Waals surface area (Å²) in [5.74, 6) is 0.293. The number of piperazine rings is 1. The average molecular weight is 586 g/mol. The molecule has 3 fully saturated rings. The van der Waals surface area contributed by atoms with Gasteiger partial charge in [0.1, 0.15) is 5.69 Å². The zero-order valence-corrected chi connectivity index (χ0v) is 25.3. The number of hydrogen-bond acceptors (Lipinski definition) is 10. The van der Waals surface area contributed by atoms with Gasteiger partial charge in [-0.05, 0) is 76.1 Å². The standard InChI is InChI=1S/C32H43N9O2/c1-22-21-23(7-12-34-22)28-31(36-25-10-19-43-20-11-25)38-32(29(37-28)30(33)42)35-24-3-5-26(6-4-24)40-13-8-27(9-14-40)41-17-15-39(2)16-18-41/h3-7,12,21,25,27H,8-11,13-20H2,1-2H3,(H2,33,42)(H2,35,36,38). The lowest BCUT2D eigenvalue weighted by Gasteiger charge is -2.42. The van der Waals surface area contributed by atoms with Gasteiger partial charge in [-0.15, -0.1) is 0 Å². The van der Waals surface area contributed by atoms with Gasteiger partial charge in [-0.3, -0.25) is 14.7 Å². The van der Waals surface area contributed by atoms with Crippen LogP contribution in [0.3, 0.4) is 0 Å². The zero-order chi connectivity index (χ0) is 29.8. The third-order valence-corrected chi connectivity index (χ3v) is 8.88. The lowest BCUT2D eigenvalue weighted by molar-refractivity contribution is 0.0904. The summed E-state index contributed by atoms with van der Waals surface area (Å²) in [6.45, 7) is 10.1. The maximum Gasteiger partial charge on any atom is 0.271 e. The minimum atomic E-state index is -0.639. The number of aromatic nitrogens is 3. The average Bonchev–Trinajstić information content (AvgIpc) is 3.02. The van der Waals surface area contributed by atoms with Gasteiger partial charge in [-0.1, -0.05) is 0 Å². The Bertz CT molecular complexity index is 1390. The Hall–Kier alpha value is -3.80. The predicted octanol–water partition coefficient (Wildman–Crippen LogP) is 3.50. The van der Waals surface area contributed by atoms with Gasteiger partial charge in [-0.2, -0.15) is 0 Å². The number of anilines is 4. The summed E-state index contributed by atoms with van der Waals surface area (Å²) < 4.78 is 5.55. The maximum atomic E-state index is 12.6. The van der Waals surface area contributed by atoms with E-state index in [1.54, 1.807) is 6.20 Å². The van der Waals surface area contributed by atoms with Crippen molar-refractivity contribution in [2.24, 2.45) is 5.73 Å². The summed E-state index contributed by atoms with van der Waals surface area (Å²) in [6.07, 6.45) is 5.84. The first-order chi connectivity index (χ1) is 20.9. The highest BCUT2D eigenvalue weighted by Gasteiger charge is 2.27. The normalized spacial score (nSPS) is 19.3. The van der Waals surface area contributed by atoms with E-state index in [1.165, 1.54) is 31.6 Å². The molecule has 0 unspecified atom stereocenters. The quantitative estimate of drug-likeness (QED) is 0.362. The highest BCUT2D eigenvalue weighted by Crippen LogP contribution is 2.31. The Labute approximate surface area is 253 Å². The lowest BCUT2D eigenvalue weighted by Crippen LogP contribution is -2.52. The number of primary amides is 1. The van der Waals surface area contributed by atoms with Crippen molar-refractivity contribution < 1.29 is 9.53 Å². The third-order valence-electron chi connectivity index (χ3n) is 8.88. The number of aryl methyl sites for hydroxylation is 1. The Morgan fingerprint density at radius 2 is 1.65 bits per heavy atom. The van der Waals surface area contributed by atoms with E-state index in [2.05, 4.69) is 49.5 Å². The molecule has 228 valence electrons.